The number of rotatable bonds is 5. The van der Waals surface area contributed by atoms with Gasteiger partial charge in [0.25, 0.3) is 0 Å². The van der Waals surface area contributed by atoms with Crippen LogP contribution in [0.5, 0.6) is 0 Å². The first-order valence-electron chi connectivity index (χ1n) is 10.1. The lowest BCUT2D eigenvalue weighted by Crippen LogP contribution is -1.91. The van der Waals surface area contributed by atoms with Crippen LogP contribution in [0.25, 0.3) is 50.2 Å². The highest BCUT2D eigenvalue weighted by Crippen LogP contribution is 2.33. The summed E-state index contributed by atoms with van der Waals surface area (Å²) in [6, 6.07) is 14.3. The number of nitrogens with zero attached hydrogens (tertiary/aromatic N) is 4. The quantitative estimate of drug-likeness (QED) is 0.345. The van der Waals surface area contributed by atoms with Crippen LogP contribution in [0.1, 0.15) is 12.6 Å². The topological polar surface area (TPSA) is 82.6 Å². The predicted molar refractivity (Wildman–Crippen MR) is 127 cm³/mol. The summed E-state index contributed by atoms with van der Waals surface area (Å²) in [4.78, 5) is 16.7. The van der Waals surface area contributed by atoms with Crippen LogP contribution < -0.4 is 0 Å². The molecule has 7 heteroatoms. The minimum Gasteiger partial charge on any atom is -0.353 e. The van der Waals surface area contributed by atoms with E-state index >= 15 is 0 Å². The summed E-state index contributed by atoms with van der Waals surface area (Å²) in [5.41, 5.74) is 6.50. The zero-order valence-electron chi connectivity index (χ0n) is 17.3. The number of hydrogen-bond donors (Lipinski definition) is 2. The van der Waals surface area contributed by atoms with Gasteiger partial charge in [-0.05, 0) is 43.3 Å². The van der Waals surface area contributed by atoms with E-state index in [-0.39, 0.29) is 5.82 Å². The molecule has 5 aromatic rings. The molecule has 156 valence electrons. The number of aliphatic imine (C=N–C) groups is 1. The number of pyridine rings is 2. The molecule has 5 rings (SSSR count). The first-order chi connectivity index (χ1) is 15.7. The Morgan fingerprint density at radius 3 is 2.78 bits per heavy atom. The lowest BCUT2D eigenvalue weighted by atomic mass is 10.1. The molecule has 0 spiro atoms. The fraction of sp³-hybridized carbons (Fsp3) is 0.0400. The second-order valence-electron chi connectivity index (χ2n) is 7.15. The molecule has 2 N–H and O–H groups in total. The lowest BCUT2D eigenvalue weighted by Gasteiger charge is -2.03. The summed E-state index contributed by atoms with van der Waals surface area (Å²) in [5, 5.41) is 8.34. The maximum atomic E-state index is 14.4. The van der Waals surface area contributed by atoms with Gasteiger partial charge < -0.3 is 4.98 Å². The average molecular weight is 422 g/mol. The highest BCUT2D eigenvalue weighted by Gasteiger charge is 2.17. The number of aromatic nitrogens is 5. The van der Waals surface area contributed by atoms with E-state index in [9.17, 15) is 4.39 Å². The highest BCUT2D eigenvalue weighted by molar-refractivity contribution is 6.10. The molecule has 0 aliphatic rings. The molecule has 6 nitrogen and oxygen atoms in total. The van der Waals surface area contributed by atoms with Gasteiger partial charge in [0, 0.05) is 40.7 Å². The van der Waals surface area contributed by atoms with Crippen molar-refractivity contribution >= 4 is 33.7 Å². The third-order valence-corrected chi connectivity index (χ3v) is 5.27. The molecular formula is C25H19FN6. The minimum absolute atomic E-state index is 0.313. The number of fused-ring (bicyclic) bond motifs is 2. The minimum atomic E-state index is -0.313. The van der Waals surface area contributed by atoms with E-state index in [1.54, 1.807) is 30.6 Å². The summed E-state index contributed by atoms with van der Waals surface area (Å²) in [6.07, 6.45) is 6.81. The predicted octanol–water partition coefficient (Wildman–Crippen LogP) is 5.92. The molecule has 0 saturated heterocycles. The van der Waals surface area contributed by atoms with Crippen LogP contribution in [0.4, 0.5) is 4.39 Å². The first-order valence-corrected chi connectivity index (χ1v) is 10.1. The van der Waals surface area contributed by atoms with Crippen LogP contribution in [-0.4, -0.2) is 31.4 Å². The number of aromatic amines is 2. The van der Waals surface area contributed by atoms with Crippen LogP contribution >= 0.6 is 0 Å². The molecule has 4 aromatic heterocycles. The fourth-order valence-corrected chi connectivity index (χ4v) is 3.72. The monoisotopic (exact) mass is 422 g/mol. The van der Waals surface area contributed by atoms with E-state index in [1.165, 1.54) is 12.3 Å². The molecule has 0 bridgehead atoms. The first kappa shape index (κ1) is 19.6. The molecule has 0 aliphatic carbocycles. The van der Waals surface area contributed by atoms with Gasteiger partial charge >= 0.3 is 0 Å². The van der Waals surface area contributed by atoms with Gasteiger partial charge in [0.05, 0.1) is 22.6 Å². The molecule has 0 amide bonds. The van der Waals surface area contributed by atoms with Gasteiger partial charge in [0.1, 0.15) is 17.0 Å². The van der Waals surface area contributed by atoms with E-state index in [0.717, 1.165) is 38.9 Å². The van der Waals surface area contributed by atoms with Crippen molar-refractivity contribution in [1.82, 2.24) is 25.1 Å². The highest BCUT2D eigenvalue weighted by atomic mass is 19.1. The van der Waals surface area contributed by atoms with Crippen molar-refractivity contribution in [3.8, 4) is 22.6 Å². The molecule has 4 heterocycles. The molecule has 1 aromatic carbocycles. The van der Waals surface area contributed by atoms with Crippen LogP contribution in [0.15, 0.2) is 78.6 Å². The molecule has 0 unspecified atom stereocenters. The van der Waals surface area contributed by atoms with Gasteiger partial charge in [-0.3, -0.25) is 15.1 Å². The Bertz CT molecular complexity index is 1520. The maximum Gasteiger partial charge on any atom is 0.135 e. The maximum absolute atomic E-state index is 14.4. The molecule has 32 heavy (non-hydrogen) atoms. The third kappa shape index (κ3) is 3.30. The van der Waals surface area contributed by atoms with Crippen molar-refractivity contribution in [3.05, 3.63) is 85.1 Å². The molecular weight excluding hydrogens is 403 g/mol. The Labute approximate surface area is 183 Å². The summed E-state index contributed by atoms with van der Waals surface area (Å²) in [5.74, 6) is -0.313. The average Bonchev–Trinajstić information content (AvgIpc) is 3.43. The number of halogens is 1. The molecule has 0 aliphatic heterocycles. The van der Waals surface area contributed by atoms with Crippen molar-refractivity contribution in [2.24, 2.45) is 4.99 Å². The molecule has 0 atom stereocenters. The molecule has 0 fully saturated rings. The number of nitrogens with one attached hydrogen (secondary N) is 2. The van der Waals surface area contributed by atoms with Gasteiger partial charge in [-0.1, -0.05) is 24.8 Å². The van der Waals surface area contributed by atoms with Gasteiger partial charge in [0.2, 0.25) is 0 Å². The summed E-state index contributed by atoms with van der Waals surface area (Å²) in [6.45, 7) is 5.55. The van der Waals surface area contributed by atoms with Crippen molar-refractivity contribution in [3.63, 3.8) is 0 Å². The van der Waals surface area contributed by atoms with E-state index < -0.39 is 0 Å². The summed E-state index contributed by atoms with van der Waals surface area (Å²) < 4.78 is 14.4. The van der Waals surface area contributed by atoms with Crippen LogP contribution in [-0.2, 0) is 0 Å². The standard InChI is InChI=1S/C25H19FN6/c1-3-15(14-27-4-2)19-9-10-21-24(30-19)25(32-31-21)22-13-17-20(29-22)11-12-28-23(17)16-7-5-6-8-18(16)26/h3-14,29H,2H2,1H3,(H,31,32)/b15-3+,27-14-. The fourth-order valence-electron chi connectivity index (χ4n) is 3.72. The second-order valence-corrected chi connectivity index (χ2v) is 7.15. The Morgan fingerprint density at radius 2 is 1.97 bits per heavy atom. The zero-order chi connectivity index (χ0) is 22.1. The van der Waals surface area contributed by atoms with Crippen molar-refractivity contribution in [1.29, 1.82) is 0 Å². The van der Waals surface area contributed by atoms with Gasteiger partial charge in [-0.2, -0.15) is 5.10 Å². The number of H-pyrrole nitrogens is 2. The third-order valence-electron chi connectivity index (χ3n) is 5.27. The molecule has 0 radical (unpaired) electrons. The van der Waals surface area contributed by atoms with E-state index in [1.807, 2.05) is 37.3 Å². The number of hydrogen-bond acceptors (Lipinski definition) is 4. The Morgan fingerprint density at radius 1 is 1.09 bits per heavy atom. The van der Waals surface area contributed by atoms with E-state index in [0.29, 0.717) is 17.0 Å². The zero-order valence-corrected chi connectivity index (χ0v) is 17.3. The summed E-state index contributed by atoms with van der Waals surface area (Å²) >= 11 is 0. The van der Waals surface area contributed by atoms with Crippen LogP contribution in [0.2, 0.25) is 0 Å². The van der Waals surface area contributed by atoms with Crippen molar-refractivity contribution < 1.29 is 4.39 Å². The van der Waals surface area contributed by atoms with Gasteiger partial charge in [-0.25, -0.2) is 9.37 Å². The SMILES string of the molecule is C=C/N=C\C(=C/C)c1ccc2[nH]nc(-c3cc4c(-c5ccccc5F)nccc4[nH]3)c2n1. The van der Waals surface area contributed by atoms with Crippen LogP contribution in [0, 0.1) is 5.82 Å². The number of allylic oxidation sites excluding steroid dienone is 2. The second kappa shape index (κ2) is 8.03. The van der Waals surface area contributed by atoms with E-state index in [4.69, 9.17) is 4.98 Å². The Hall–Kier alpha value is -4.39. The number of benzene rings is 1. The van der Waals surface area contributed by atoms with Crippen molar-refractivity contribution in [2.75, 3.05) is 0 Å². The van der Waals surface area contributed by atoms with Gasteiger partial charge in [-0.15, -0.1) is 0 Å². The largest absolute Gasteiger partial charge is 0.353 e. The summed E-state index contributed by atoms with van der Waals surface area (Å²) in [7, 11) is 0. The van der Waals surface area contributed by atoms with Crippen LogP contribution in [0.3, 0.4) is 0 Å². The lowest BCUT2D eigenvalue weighted by molar-refractivity contribution is 0.631. The normalized spacial score (nSPS) is 12.2. The Kier molecular flexibility index (Phi) is 4.91. The Balaban J connectivity index is 1.66. The molecule has 0 saturated carbocycles. The van der Waals surface area contributed by atoms with Gasteiger partial charge in [0.15, 0.2) is 0 Å². The smallest absolute Gasteiger partial charge is 0.135 e. The van der Waals surface area contributed by atoms with Crippen molar-refractivity contribution in [2.45, 2.75) is 6.92 Å². The van der Waals surface area contributed by atoms with E-state index in [2.05, 4.69) is 31.7 Å².